The molecule has 0 aliphatic carbocycles. The summed E-state index contributed by atoms with van der Waals surface area (Å²) in [6.07, 6.45) is 3.65. The Balaban J connectivity index is 2.13. The number of anilines is 1. The first-order valence-corrected chi connectivity index (χ1v) is 6.07. The molecule has 1 unspecified atom stereocenters. The second-order valence-electron chi connectivity index (χ2n) is 4.66. The molecule has 110 valence electrons. The van der Waals surface area contributed by atoms with Gasteiger partial charge in [0.25, 0.3) is 0 Å². The summed E-state index contributed by atoms with van der Waals surface area (Å²) < 4.78 is 21.4. The predicted molar refractivity (Wildman–Crippen MR) is 69.4 cm³/mol. The van der Waals surface area contributed by atoms with Crippen molar-refractivity contribution < 1.29 is 19.3 Å². The lowest BCUT2D eigenvalue weighted by atomic mass is 9.97. The number of imidazole rings is 1. The average Bonchev–Trinajstić information content (AvgIpc) is 2.99. The first-order valence-electron chi connectivity index (χ1n) is 6.07. The number of hydrogen-bond donors (Lipinski definition) is 3. The number of hydrogen-bond acceptors (Lipinski definition) is 7. The molecule has 3 heterocycles. The van der Waals surface area contributed by atoms with Crippen LogP contribution in [-0.2, 0) is 4.74 Å². The van der Waals surface area contributed by atoms with Crippen LogP contribution < -0.4 is 5.73 Å². The highest BCUT2D eigenvalue weighted by Crippen LogP contribution is 2.42. The van der Waals surface area contributed by atoms with Crippen LogP contribution in [0.3, 0.4) is 0 Å². The minimum atomic E-state index is -2.53. The molecular formula is C12H12FN5O3. The van der Waals surface area contributed by atoms with Gasteiger partial charge in [0.15, 0.2) is 11.9 Å². The third kappa shape index (κ3) is 1.84. The van der Waals surface area contributed by atoms with Gasteiger partial charge in [-0.15, -0.1) is 6.42 Å². The fraction of sp³-hybridized carbons (Fsp3) is 0.417. The van der Waals surface area contributed by atoms with Gasteiger partial charge >= 0.3 is 0 Å². The SMILES string of the molecule is C#C[C@@]1(F)C(O)[C@@H](CO)O[C@H]1n1cnc2cnc(N)nc21. The predicted octanol–water partition coefficient (Wildman–Crippen LogP) is -0.999. The van der Waals surface area contributed by atoms with Gasteiger partial charge in [-0.1, -0.05) is 5.92 Å². The van der Waals surface area contributed by atoms with Crippen LogP contribution in [0.1, 0.15) is 6.23 Å². The molecule has 0 saturated carbocycles. The summed E-state index contributed by atoms with van der Waals surface area (Å²) in [6.45, 7) is -0.575. The van der Waals surface area contributed by atoms with E-state index in [0.29, 0.717) is 5.52 Å². The Kier molecular flexibility index (Phi) is 3.02. The summed E-state index contributed by atoms with van der Waals surface area (Å²) in [7, 11) is 0. The lowest BCUT2D eigenvalue weighted by molar-refractivity contribution is -0.0504. The van der Waals surface area contributed by atoms with Crippen molar-refractivity contribution in [2.45, 2.75) is 24.1 Å². The van der Waals surface area contributed by atoms with Gasteiger partial charge in [0.1, 0.15) is 17.7 Å². The number of aliphatic hydroxyl groups is 2. The summed E-state index contributed by atoms with van der Waals surface area (Å²) in [5.74, 6) is 1.87. The van der Waals surface area contributed by atoms with Crippen molar-refractivity contribution in [2.24, 2.45) is 0 Å². The molecule has 0 aromatic carbocycles. The lowest BCUT2D eigenvalue weighted by Crippen LogP contribution is -2.42. The molecule has 1 aliphatic rings. The number of terminal acetylenes is 1. The Morgan fingerprint density at radius 3 is 3.00 bits per heavy atom. The molecule has 2 aromatic heterocycles. The summed E-state index contributed by atoms with van der Waals surface area (Å²) >= 11 is 0. The van der Waals surface area contributed by atoms with Gasteiger partial charge in [-0.25, -0.2) is 14.4 Å². The van der Waals surface area contributed by atoms with Crippen molar-refractivity contribution in [1.29, 1.82) is 0 Å². The van der Waals surface area contributed by atoms with Crippen LogP contribution in [0, 0.1) is 12.3 Å². The van der Waals surface area contributed by atoms with Crippen LogP contribution >= 0.6 is 0 Å². The number of nitrogen functional groups attached to an aromatic ring is 1. The minimum absolute atomic E-state index is 0.0216. The van der Waals surface area contributed by atoms with Crippen molar-refractivity contribution in [2.75, 3.05) is 12.3 Å². The maximum absolute atomic E-state index is 14.9. The number of nitrogens with zero attached hydrogens (tertiary/aromatic N) is 4. The van der Waals surface area contributed by atoms with Crippen LogP contribution in [0.2, 0.25) is 0 Å². The molecule has 0 spiro atoms. The number of ether oxygens (including phenoxy) is 1. The normalized spacial score (nSPS) is 32.4. The zero-order valence-electron chi connectivity index (χ0n) is 10.7. The summed E-state index contributed by atoms with van der Waals surface area (Å²) in [5.41, 5.74) is 3.56. The molecule has 3 rings (SSSR count). The average molecular weight is 293 g/mol. The molecule has 4 N–H and O–H groups in total. The van der Waals surface area contributed by atoms with E-state index in [9.17, 15) is 9.50 Å². The molecule has 4 atom stereocenters. The van der Waals surface area contributed by atoms with Crippen LogP contribution in [0.5, 0.6) is 0 Å². The number of nitrogens with two attached hydrogens (primary N) is 1. The number of alkyl halides is 1. The van der Waals surface area contributed by atoms with Gasteiger partial charge in [-0.3, -0.25) is 4.57 Å². The molecule has 1 saturated heterocycles. The van der Waals surface area contributed by atoms with E-state index < -0.39 is 30.7 Å². The van der Waals surface area contributed by atoms with Gasteiger partial charge in [-0.05, 0) is 0 Å². The molecule has 0 amide bonds. The molecular weight excluding hydrogens is 281 g/mol. The topological polar surface area (TPSA) is 119 Å². The molecule has 9 heteroatoms. The maximum atomic E-state index is 14.9. The summed E-state index contributed by atoms with van der Waals surface area (Å²) in [4.78, 5) is 11.7. The second-order valence-corrected chi connectivity index (χ2v) is 4.66. The number of halogens is 1. The Labute approximate surface area is 118 Å². The van der Waals surface area contributed by atoms with E-state index in [1.165, 1.54) is 17.1 Å². The largest absolute Gasteiger partial charge is 0.394 e. The number of fused-ring (bicyclic) bond motifs is 1. The monoisotopic (exact) mass is 293 g/mol. The van der Waals surface area contributed by atoms with Crippen molar-refractivity contribution in [3.05, 3.63) is 12.5 Å². The molecule has 8 nitrogen and oxygen atoms in total. The van der Waals surface area contributed by atoms with E-state index in [-0.39, 0.29) is 11.6 Å². The van der Waals surface area contributed by atoms with E-state index >= 15 is 0 Å². The standard InChI is InChI=1S/C12H12FN5O3/c1-2-12(13)8(20)7(4-19)21-10(12)18-5-16-6-3-15-11(14)17-9(6)18/h1,3,5,7-8,10,19-20H,4H2,(H2,14,15,17)/t7-,8?,10-,12-/m1/s1. The third-order valence-corrected chi connectivity index (χ3v) is 3.43. The van der Waals surface area contributed by atoms with E-state index in [2.05, 4.69) is 15.0 Å². The van der Waals surface area contributed by atoms with Crippen LogP contribution in [0.4, 0.5) is 10.3 Å². The third-order valence-electron chi connectivity index (χ3n) is 3.43. The molecule has 2 aromatic rings. The fourth-order valence-corrected chi connectivity index (χ4v) is 2.33. The van der Waals surface area contributed by atoms with Crippen LogP contribution in [0.15, 0.2) is 12.5 Å². The molecule has 21 heavy (non-hydrogen) atoms. The molecule has 0 bridgehead atoms. The quantitative estimate of drug-likeness (QED) is 0.607. The number of rotatable bonds is 2. The highest BCUT2D eigenvalue weighted by atomic mass is 19.1. The van der Waals surface area contributed by atoms with E-state index in [1.807, 2.05) is 5.92 Å². The Bertz CT molecular complexity index is 729. The highest BCUT2D eigenvalue weighted by molar-refractivity contribution is 5.70. The van der Waals surface area contributed by atoms with E-state index in [0.717, 1.165) is 0 Å². The zero-order chi connectivity index (χ0) is 15.2. The summed E-state index contributed by atoms with van der Waals surface area (Å²) in [6, 6.07) is 0. The molecule has 0 radical (unpaired) electrons. The van der Waals surface area contributed by atoms with Gasteiger partial charge in [0, 0.05) is 0 Å². The van der Waals surface area contributed by atoms with E-state index in [1.54, 1.807) is 0 Å². The highest BCUT2D eigenvalue weighted by Gasteiger charge is 2.57. The van der Waals surface area contributed by atoms with Gasteiger partial charge in [0.2, 0.25) is 11.6 Å². The molecule has 1 aliphatic heterocycles. The second kappa shape index (κ2) is 4.63. The summed E-state index contributed by atoms with van der Waals surface area (Å²) in [5, 5.41) is 19.1. The van der Waals surface area contributed by atoms with Crippen molar-refractivity contribution >= 4 is 17.1 Å². The fourth-order valence-electron chi connectivity index (χ4n) is 2.33. The Morgan fingerprint density at radius 2 is 2.33 bits per heavy atom. The van der Waals surface area contributed by atoms with Gasteiger partial charge < -0.3 is 20.7 Å². The van der Waals surface area contributed by atoms with Crippen molar-refractivity contribution in [1.82, 2.24) is 19.5 Å². The van der Waals surface area contributed by atoms with Crippen LogP contribution in [0.25, 0.3) is 11.2 Å². The molecule has 1 fully saturated rings. The Morgan fingerprint density at radius 1 is 1.57 bits per heavy atom. The van der Waals surface area contributed by atoms with Crippen LogP contribution in [-0.4, -0.2) is 54.2 Å². The smallest absolute Gasteiger partial charge is 0.243 e. The first kappa shape index (κ1) is 13.7. The lowest BCUT2D eigenvalue weighted by Gasteiger charge is -2.23. The van der Waals surface area contributed by atoms with E-state index in [4.69, 9.17) is 22.0 Å². The van der Waals surface area contributed by atoms with Crippen molar-refractivity contribution in [3.63, 3.8) is 0 Å². The van der Waals surface area contributed by atoms with Crippen molar-refractivity contribution in [3.8, 4) is 12.3 Å². The maximum Gasteiger partial charge on any atom is 0.243 e. The number of aliphatic hydroxyl groups excluding tert-OH is 2. The van der Waals surface area contributed by atoms with Gasteiger partial charge in [0.05, 0.1) is 19.1 Å². The number of aromatic nitrogens is 4. The zero-order valence-corrected chi connectivity index (χ0v) is 10.7. The first-order chi connectivity index (χ1) is 10.0. The Hall–Kier alpha value is -2.28. The van der Waals surface area contributed by atoms with Gasteiger partial charge in [-0.2, -0.15) is 4.98 Å². The minimum Gasteiger partial charge on any atom is -0.394 e.